The van der Waals surface area contributed by atoms with E-state index in [0.29, 0.717) is 37.5 Å². The van der Waals surface area contributed by atoms with Crippen LogP contribution in [-0.2, 0) is 19.2 Å². The summed E-state index contributed by atoms with van der Waals surface area (Å²) >= 11 is 0. The van der Waals surface area contributed by atoms with Crippen LogP contribution < -0.4 is 5.32 Å². The molecule has 1 unspecified atom stereocenters. The number of carbonyl (C=O) groups excluding carboxylic acids is 4. The highest BCUT2D eigenvalue weighted by Gasteiger charge is 2.47. The molecule has 0 radical (unpaired) electrons. The van der Waals surface area contributed by atoms with Gasteiger partial charge in [-0.1, -0.05) is 0 Å². The summed E-state index contributed by atoms with van der Waals surface area (Å²) in [6, 6.07) is -1.16. The maximum atomic E-state index is 12.6. The minimum Gasteiger partial charge on any atom is -0.354 e. The number of carbonyl (C=O) groups is 4. The van der Waals surface area contributed by atoms with E-state index in [1.165, 1.54) is 6.92 Å². The molecule has 0 aromatic rings. The Balaban J connectivity index is 1.76. The zero-order valence-corrected chi connectivity index (χ0v) is 15.0. The van der Waals surface area contributed by atoms with Crippen molar-refractivity contribution in [1.82, 2.24) is 20.0 Å². The van der Waals surface area contributed by atoms with Gasteiger partial charge in [0.15, 0.2) is 0 Å². The third kappa shape index (κ3) is 5.33. The molecular formula is C16H23F3N4O4. The molecule has 2 rings (SSSR count). The first-order valence-electron chi connectivity index (χ1n) is 8.80. The Morgan fingerprint density at radius 3 is 2.15 bits per heavy atom. The largest absolute Gasteiger partial charge is 0.471 e. The number of nitrogens with one attached hydrogen (secondary N) is 1. The lowest BCUT2D eigenvalue weighted by atomic mass is 10.2. The van der Waals surface area contributed by atoms with E-state index < -0.39 is 24.0 Å². The first-order valence-corrected chi connectivity index (χ1v) is 8.80. The molecule has 2 aliphatic rings. The smallest absolute Gasteiger partial charge is 0.354 e. The molecule has 8 nitrogen and oxygen atoms in total. The average molecular weight is 392 g/mol. The van der Waals surface area contributed by atoms with E-state index in [1.54, 1.807) is 9.80 Å². The van der Waals surface area contributed by atoms with Crippen LogP contribution in [0.4, 0.5) is 13.2 Å². The van der Waals surface area contributed by atoms with Gasteiger partial charge >= 0.3 is 12.1 Å². The summed E-state index contributed by atoms with van der Waals surface area (Å²) in [6.45, 7) is 3.04. The summed E-state index contributed by atoms with van der Waals surface area (Å²) in [7, 11) is 0. The van der Waals surface area contributed by atoms with Crippen molar-refractivity contribution in [3.63, 3.8) is 0 Å². The third-order valence-electron chi connectivity index (χ3n) is 4.77. The van der Waals surface area contributed by atoms with Gasteiger partial charge < -0.3 is 20.0 Å². The number of likely N-dealkylation sites (tertiary alicyclic amines) is 1. The monoisotopic (exact) mass is 392 g/mol. The second kappa shape index (κ2) is 8.57. The summed E-state index contributed by atoms with van der Waals surface area (Å²) in [6.07, 6.45) is -4.53. The Hall–Kier alpha value is -2.33. The van der Waals surface area contributed by atoms with Gasteiger partial charge in [-0.15, -0.1) is 0 Å². The lowest BCUT2D eigenvalue weighted by Crippen LogP contribution is -2.51. The molecule has 152 valence electrons. The SMILES string of the molecule is CC(=O)N1CCN(C(=O)CCNC(=O)C2CCCN2C(=O)C(F)(F)F)CC1. The fraction of sp³-hybridized carbons (Fsp3) is 0.750. The van der Waals surface area contributed by atoms with Gasteiger partial charge in [0.05, 0.1) is 0 Å². The summed E-state index contributed by atoms with van der Waals surface area (Å²) in [5.41, 5.74) is 0. The van der Waals surface area contributed by atoms with Crippen molar-refractivity contribution in [1.29, 1.82) is 0 Å². The molecule has 1 N–H and O–H groups in total. The first kappa shape index (κ1) is 21.0. The minimum atomic E-state index is -5.01. The number of hydrogen-bond acceptors (Lipinski definition) is 4. The highest BCUT2D eigenvalue weighted by molar-refractivity contribution is 5.90. The van der Waals surface area contributed by atoms with Gasteiger partial charge in [-0.3, -0.25) is 19.2 Å². The standard InChI is InChI=1S/C16H23F3N4O4/c1-11(24)21-7-9-22(10-8-21)13(25)4-5-20-14(26)12-3-2-6-23(12)15(27)16(17,18)19/h12H,2-10H2,1H3,(H,20,26). The zero-order chi connectivity index (χ0) is 20.2. The number of alkyl halides is 3. The van der Waals surface area contributed by atoms with Crippen LogP contribution in [0.3, 0.4) is 0 Å². The van der Waals surface area contributed by atoms with Crippen molar-refractivity contribution in [3.8, 4) is 0 Å². The predicted octanol–water partition coefficient (Wildman–Crippen LogP) is -0.263. The van der Waals surface area contributed by atoms with Crippen LogP contribution in [0.5, 0.6) is 0 Å². The van der Waals surface area contributed by atoms with Gasteiger partial charge in [0.2, 0.25) is 17.7 Å². The topological polar surface area (TPSA) is 90.0 Å². The summed E-state index contributed by atoms with van der Waals surface area (Å²) in [4.78, 5) is 50.7. The highest BCUT2D eigenvalue weighted by Crippen LogP contribution is 2.25. The number of amides is 4. The summed E-state index contributed by atoms with van der Waals surface area (Å²) in [5.74, 6) is -2.95. The molecule has 2 heterocycles. The average Bonchev–Trinajstić information content (AvgIpc) is 3.09. The van der Waals surface area contributed by atoms with Gasteiger partial charge in [0, 0.05) is 52.6 Å². The molecule has 2 aliphatic heterocycles. The van der Waals surface area contributed by atoms with Gasteiger partial charge in [-0.05, 0) is 12.8 Å². The van der Waals surface area contributed by atoms with Crippen molar-refractivity contribution in [3.05, 3.63) is 0 Å². The summed E-state index contributed by atoms with van der Waals surface area (Å²) < 4.78 is 37.7. The third-order valence-corrected chi connectivity index (χ3v) is 4.77. The predicted molar refractivity (Wildman–Crippen MR) is 87.3 cm³/mol. The fourth-order valence-corrected chi connectivity index (χ4v) is 3.28. The Bertz CT molecular complexity index is 603. The van der Waals surface area contributed by atoms with Crippen molar-refractivity contribution in [2.45, 2.75) is 38.4 Å². The van der Waals surface area contributed by atoms with Crippen molar-refractivity contribution >= 4 is 23.6 Å². The molecule has 27 heavy (non-hydrogen) atoms. The van der Waals surface area contributed by atoms with E-state index in [1.807, 2.05) is 0 Å². The lowest BCUT2D eigenvalue weighted by Gasteiger charge is -2.34. The van der Waals surface area contributed by atoms with Crippen molar-refractivity contribution in [2.24, 2.45) is 0 Å². The van der Waals surface area contributed by atoms with Gasteiger partial charge in [0.1, 0.15) is 6.04 Å². The molecule has 2 saturated heterocycles. The van der Waals surface area contributed by atoms with Gasteiger partial charge in [0.25, 0.3) is 0 Å². The van der Waals surface area contributed by atoms with Crippen molar-refractivity contribution < 1.29 is 32.3 Å². The molecule has 0 aromatic carbocycles. The van der Waals surface area contributed by atoms with Crippen LogP contribution in [0.2, 0.25) is 0 Å². The van der Waals surface area contributed by atoms with E-state index in [0.717, 1.165) is 0 Å². The van der Waals surface area contributed by atoms with Crippen LogP contribution in [-0.4, -0.2) is 89.8 Å². The van der Waals surface area contributed by atoms with Crippen LogP contribution in [0, 0.1) is 0 Å². The number of hydrogen-bond donors (Lipinski definition) is 1. The van der Waals surface area contributed by atoms with Crippen LogP contribution >= 0.6 is 0 Å². The maximum Gasteiger partial charge on any atom is 0.471 e. The molecule has 2 fully saturated rings. The van der Waals surface area contributed by atoms with Crippen molar-refractivity contribution in [2.75, 3.05) is 39.3 Å². The van der Waals surface area contributed by atoms with E-state index in [4.69, 9.17) is 0 Å². The normalized spacial score (nSPS) is 20.6. The molecule has 4 amide bonds. The Kier molecular flexibility index (Phi) is 6.66. The van der Waals surface area contributed by atoms with E-state index in [2.05, 4.69) is 5.32 Å². The van der Waals surface area contributed by atoms with E-state index >= 15 is 0 Å². The molecule has 1 atom stereocenters. The minimum absolute atomic E-state index is 0.00570. The first-order chi connectivity index (χ1) is 12.6. The molecule has 0 bridgehead atoms. The number of rotatable bonds is 4. The number of piperazine rings is 1. The fourth-order valence-electron chi connectivity index (χ4n) is 3.28. The van der Waals surface area contributed by atoms with Crippen LogP contribution in [0.15, 0.2) is 0 Å². The van der Waals surface area contributed by atoms with Crippen LogP contribution in [0.25, 0.3) is 0 Å². The second-order valence-electron chi connectivity index (χ2n) is 6.58. The second-order valence-corrected chi connectivity index (χ2v) is 6.58. The molecule has 0 aromatic heterocycles. The Morgan fingerprint density at radius 1 is 1.00 bits per heavy atom. The van der Waals surface area contributed by atoms with Gasteiger partial charge in [-0.2, -0.15) is 13.2 Å². The molecule has 0 spiro atoms. The molecule has 11 heteroatoms. The zero-order valence-electron chi connectivity index (χ0n) is 15.0. The quantitative estimate of drug-likeness (QED) is 0.714. The van der Waals surface area contributed by atoms with Crippen LogP contribution in [0.1, 0.15) is 26.2 Å². The molecule has 0 aliphatic carbocycles. The summed E-state index contributed by atoms with van der Waals surface area (Å²) in [5, 5.41) is 2.45. The molecular weight excluding hydrogens is 369 g/mol. The number of halogens is 3. The Labute approximate surface area is 154 Å². The lowest BCUT2D eigenvalue weighted by molar-refractivity contribution is -0.186. The highest BCUT2D eigenvalue weighted by atomic mass is 19.4. The van der Waals surface area contributed by atoms with E-state index in [9.17, 15) is 32.3 Å². The van der Waals surface area contributed by atoms with Gasteiger partial charge in [-0.25, -0.2) is 0 Å². The Morgan fingerprint density at radius 2 is 1.59 bits per heavy atom. The van der Waals surface area contributed by atoms with E-state index in [-0.39, 0.29) is 37.7 Å². The molecule has 0 saturated carbocycles. The maximum absolute atomic E-state index is 12.6. The number of nitrogens with zero attached hydrogens (tertiary/aromatic N) is 3.